The van der Waals surface area contributed by atoms with Crippen LogP contribution in [0.5, 0.6) is 17.2 Å². The Balaban J connectivity index is 1.82. The summed E-state index contributed by atoms with van der Waals surface area (Å²) in [5.74, 6) is 0.519. The first-order valence-electron chi connectivity index (χ1n) is 7.77. The summed E-state index contributed by atoms with van der Waals surface area (Å²) in [6, 6.07) is 20.6. The highest BCUT2D eigenvalue weighted by Crippen LogP contribution is 2.32. The van der Waals surface area contributed by atoms with E-state index in [9.17, 15) is 13.2 Å². The highest BCUT2D eigenvalue weighted by molar-refractivity contribution is 7.90. The van der Waals surface area contributed by atoms with E-state index in [1.165, 1.54) is 30.3 Å². The third-order valence-electron chi connectivity index (χ3n) is 3.37. The summed E-state index contributed by atoms with van der Waals surface area (Å²) in [6.45, 7) is 0. The minimum absolute atomic E-state index is 0.0191. The van der Waals surface area contributed by atoms with Crippen LogP contribution in [0, 0.1) is 0 Å². The van der Waals surface area contributed by atoms with E-state index in [1.807, 2.05) is 4.72 Å². The summed E-state index contributed by atoms with van der Waals surface area (Å²) >= 11 is 6.05. The fourth-order valence-electron chi connectivity index (χ4n) is 2.18. The Labute approximate surface area is 161 Å². The van der Waals surface area contributed by atoms with Gasteiger partial charge in [0.1, 0.15) is 22.1 Å². The fourth-order valence-corrected chi connectivity index (χ4v) is 3.36. The van der Waals surface area contributed by atoms with Gasteiger partial charge in [-0.05, 0) is 36.4 Å². The smallest absolute Gasteiger partial charge is 0.426 e. The van der Waals surface area contributed by atoms with Gasteiger partial charge in [-0.2, -0.15) is 0 Å². The van der Waals surface area contributed by atoms with Crippen molar-refractivity contribution in [2.75, 3.05) is 0 Å². The number of carbonyl (C=O) groups is 1. The molecule has 0 aliphatic rings. The molecule has 0 spiro atoms. The molecule has 27 heavy (non-hydrogen) atoms. The molecule has 0 unspecified atom stereocenters. The molecular weight excluding hydrogens is 390 g/mol. The van der Waals surface area contributed by atoms with Gasteiger partial charge in [0, 0.05) is 0 Å². The molecule has 138 valence electrons. The lowest BCUT2D eigenvalue weighted by Gasteiger charge is -2.13. The number of sulfonamides is 1. The first-order chi connectivity index (χ1) is 13.0. The van der Waals surface area contributed by atoms with E-state index in [0.717, 1.165) is 0 Å². The highest BCUT2D eigenvalue weighted by atomic mass is 35.5. The SMILES string of the molecule is O=C(NS(=O)(=O)c1ccccc1Oc1ccccc1Cl)Oc1ccccc1. The van der Waals surface area contributed by atoms with Crippen LogP contribution in [0.3, 0.4) is 0 Å². The Kier molecular flexibility index (Phi) is 5.63. The largest absolute Gasteiger partial charge is 0.454 e. The molecule has 0 aromatic heterocycles. The number of benzene rings is 3. The first kappa shape index (κ1) is 18.8. The van der Waals surface area contributed by atoms with Crippen LogP contribution in [-0.2, 0) is 10.0 Å². The Morgan fingerprint density at radius 2 is 1.41 bits per heavy atom. The molecule has 1 N–H and O–H groups in total. The Morgan fingerprint density at radius 1 is 0.815 bits per heavy atom. The van der Waals surface area contributed by atoms with Gasteiger partial charge in [-0.3, -0.25) is 0 Å². The van der Waals surface area contributed by atoms with Gasteiger partial charge in [0.25, 0.3) is 10.0 Å². The molecule has 0 saturated heterocycles. The summed E-state index contributed by atoms with van der Waals surface area (Å²) in [5, 5.41) is 0.321. The third-order valence-corrected chi connectivity index (χ3v) is 5.03. The molecule has 3 rings (SSSR count). The lowest BCUT2D eigenvalue weighted by atomic mass is 10.3. The quantitative estimate of drug-likeness (QED) is 0.672. The minimum Gasteiger partial charge on any atom is -0.454 e. The van der Waals surface area contributed by atoms with Crippen LogP contribution < -0.4 is 14.2 Å². The summed E-state index contributed by atoms with van der Waals surface area (Å²) in [7, 11) is -4.24. The zero-order valence-corrected chi connectivity index (χ0v) is 15.4. The van der Waals surface area contributed by atoms with Gasteiger partial charge in [-0.1, -0.05) is 54.1 Å². The molecule has 8 heteroatoms. The number of hydrogen-bond acceptors (Lipinski definition) is 5. The van der Waals surface area contributed by atoms with Gasteiger partial charge >= 0.3 is 6.09 Å². The van der Waals surface area contributed by atoms with E-state index in [4.69, 9.17) is 21.1 Å². The highest BCUT2D eigenvalue weighted by Gasteiger charge is 2.23. The summed E-state index contributed by atoms with van der Waals surface area (Å²) in [5.41, 5.74) is 0. The molecule has 0 aliphatic carbocycles. The minimum atomic E-state index is -4.24. The van der Waals surface area contributed by atoms with Crippen molar-refractivity contribution < 1.29 is 22.7 Å². The molecule has 0 saturated carbocycles. The Hall–Kier alpha value is -3.03. The van der Waals surface area contributed by atoms with Gasteiger partial charge in [0.2, 0.25) is 0 Å². The number of hydrogen-bond donors (Lipinski definition) is 1. The lowest BCUT2D eigenvalue weighted by molar-refractivity contribution is 0.207. The molecule has 6 nitrogen and oxygen atoms in total. The standard InChI is InChI=1S/C19H14ClNO5S/c20-15-10-4-5-11-16(15)26-17-12-6-7-13-18(17)27(23,24)21-19(22)25-14-8-2-1-3-9-14/h1-13H,(H,21,22). The van der Waals surface area contributed by atoms with Gasteiger partial charge in [-0.15, -0.1) is 0 Å². The monoisotopic (exact) mass is 403 g/mol. The molecule has 1 amide bonds. The normalized spacial score (nSPS) is 10.9. The van der Waals surface area contributed by atoms with Crippen LogP contribution in [-0.4, -0.2) is 14.5 Å². The second-order valence-electron chi connectivity index (χ2n) is 5.29. The predicted molar refractivity (Wildman–Crippen MR) is 101 cm³/mol. The van der Waals surface area contributed by atoms with Crippen LogP contribution in [0.2, 0.25) is 5.02 Å². The Bertz CT molecular complexity index is 1050. The summed E-state index contributed by atoms with van der Waals surface area (Å²) < 4.78 is 37.6. The molecular formula is C19H14ClNO5S. The van der Waals surface area contributed by atoms with Crippen molar-refractivity contribution in [1.29, 1.82) is 0 Å². The van der Waals surface area contributed by atoms with Gasteiger partial charge < -0.3 is 9.47 Å². The lowest BCUT2D eigenvalue weighted by Crippen LogP contribution is -2.33. The molecule has 0 aliphatic heterocycles. The molecule has 0 bridgehead atoms. The number of carbonyl (C=O) groups excluding carboxylic acids is 1. The Morgan fingerprint density at radius 3 is 2.11 bits per heavy atom. The third kappa shape index (κ3) is 4.78. The topological polar surface area (TPSA) is 81.7 Å². The average molecular weight is 404 g/mol. The van der Waals surface area contributed by atoms with Gasteiger partial charge in [-0.25, -0.2) is 17.9 Å². The molecule has 0 heterocycles. The van der Waals surface area contributed by atoms with Crippen molar-refractivity contribution in [2.45, 2.75) is 4.90 Å². The molecule has 0 fully saturated rings. The van der Waals surface area contributed by atoms with E-state index in [-0.39, 0.29) is 22.1 Å². The van der Waals surface area contributed by atoms with Gasteiger partial charge in [0.05, 0.1) is 5.02 Å². The van der Waals surface area contributed by atoms with Crippen molar-refractivity contribution in [3.63, 3.8) is 0 Å². The first-order valence-corrected chi connectivity index (χ1v) is 9.63. The van der Waals surface area contributed by atoms with Crippen molar-refractivity contribution in [2.24, 2.45) is 0 Å². The van der Waals surface area contributed by atoms with Crippen molar-refractivity contribution in [3.8, 4) is 17.2 Å². The van der Waals surface area contributed by atoms with Crippen molar-refractivity contribution in [3.05, 3.63) is 83.9 Å². The van der Waals surface area contributed by atoms with Crippen LogP contribution in [0.25, 0.3) is 0 Å². The number of rotatable bonds is 5. The number of ether oxygens (including phenoxy) is 2. The average Bonchev–Trinajstić information content (AvgIpc) is 2.64. The fraction of sp³-hybridized carbons (Fsp3) is 0. The van der Waals surface area contributed by atoms with E-state index in [1.54, 1.807) is 48.5 Å². The second-order valence-corrected chi connectivity index (χ2v) is 7.35. The number of nitrogens with one attached hydrogen (secondary N) is 1. The van der Waals surface area contributed by atoms with E-state index in [0.29, 0.717) is 5.02 Å². The van der Waals surface area contributed by atoms with Crippen LogP contribution in [0.4, 0.5) is 4.79 Å². The molecule has 0 atom stereocenters. The summed E-state index contributed by atoms with van der Waals surface area (Å²) in [4.78, 5) is 11.7. The van der Waals surface area contributed by atoms with Crippen molar-refractivity contribution in [1.82, 2.24) is 4.72 Å². The zero-order valence-electron chi connectivity index (χ0n) is 13.8. The second kappa shape index (κ2) is 8.11. The van der Waals surface area contributed by atoms with E-state index >= 15 is 0 Å². The maximum atomic E-state index is 12.6. The molecule has 3 aromatic carbocycles. The predicted octanol–water partition coefficient (Wildman–Crippen LogP) is 4.61. The van der Waals surface area contributed by atoms with Crippen LogP contribution in [0.15, 0.2) is 83.8 Å². The number of amides is 1. The number of halogens is 1. The molecule has 0 radical (unpaired) electrons. The van der Waals surface area contributed by atoms with Crippen LogP contribution in [0.1, 0.15) is 0 Å². The number of para-hydroxylation sites is 3. The maximum Gasteiger partial charge on any atom is 0.426 e. The van der Waals surface area contributed by atoms with Gasteiger partial charge in [0.15, 0.2) is 0 Å². The molecule has 3 aromatic rings. The van der Waals surface area contributed by atoms with Crippen molar-refractivity contribution >= 4 is 27.7 Å². The summed E-state index contributed by atoms with van der Waals surface area (Å²) in [6.07, 6.45) is -1.13. The zero-order chi connectivity index (χ0) is 19.3. The van der Waals surface area contributed by atoms with E-state index < -0.39 is 16.1 Å². The van der Waals surface area contributed by atoms with E-state index in [2.05, 4.69) is 0 Å². The van der Waals surface area contributed by atoms with Crippen LogP contribution >= 0.6 is 11.6 Å². The maximum absolute atomic E-state index is 12.6.